The van der Waals surface area contributed by atoms with Crippen molar-refractivity contribution in [2.45, 2.75) is 39.5 Å². The fourth-order valence-electron chi connectivity index (χ4n) is 2.15. The van der Waals surface area contributed by atoms with E-state index >= 15 is 0 Å². The molecule has 0 amide bonds. The molecular formula is C14H23N. The minimum atomic E-state index is 0.265. The highest BCUT2D eigenvalue weighted by Crippen LogP contribution is 2.29. The van der Waals surface area contributed by atoms with Crippen molar-refractivity contribution in [3.63, 3.8) is 0 Å². The number of benzene rings is 1. The van der Waals surface area contributed by atoms with Crippen LogP contribution < -0.4 is 5.32 Å². The largest absolute Gasteiger partial charge is 0.320 e. The summed E-state index contributed by atoms with van der Waals surface area (Å²) in [5, 5.41) is 3.22. The lowest BCUT2D eigenvalue weighted by Gasteiger charge is -2.27. The van der Waals surface area contributed by atoms with Crippen LogP contribution in [0, 0.1) is 13.8 Å². The van der Waals surface area contributed by atoms with E-state index in [-0.39, 0.29) is 5.41 Å². The standard InChI is InChI=1S/C14H23N/c1-11-6-7-13(12(2)10-11)14(3,4)8-9-15-5/h6-7,10,15H,8-9H2,1-5H3. The lowest BCUT2D eigenvalue weighted by molar-refractivity contribution is 0.466. The van der Waals surface area contributed by atoms with Crippen molar-refractivity contribution in [2.24, 2.45) is 0 Å². The first-order valence-electron chi connectivity index (χ1n) is 5.70. The van der Waals surface area contributed by atoms with Crippen molar-refractivity contribution in [1.82, 2.24) is 5.32 Å². The summed E-state index contributed by atoms with van der Waals surface area (Å²) in [7, 11) is 2.01. The molecule has 0 radical (unpaired) electrons. The van der Waals surface area contributed by atoms with Crippen LogP contribution in [0.3, 0.4) is 0 Å². The third kappa shape index (κ3) is 3.07. The molecule has 0 aromatic heterocycles. The Kier molecular flexibility index (Phi) is 3.92. The highest BCUT2D eigenvalue weighted by molar-refractivity contribution is 5.35. The highest BCUT2D eigenvalue weighted by atomic mass is 14.8. The van der Waals surface area contributed by atoms with Gasteiger partial charge in [-0.15, -0.1) is 0 Å². The molecule has 0 atom stereocenters. The number of nitrogens with one attached hydrogen (secondary N) is 1. The van der Waals surface area contributed by atoms with Crippen molar-refractivity contribution < 1.29 is 0 Å². The monoisotopic (exact) mass is 205 g/mol. The zero-order valence-electron chi connectivity index (χ0n) is 10.6. The van der Waals surface area contributed by atoms with Gasteiger partial charge in [-0.2, -0.15) is 0 Å². The van der Waals surface area contributed by atoms with Gasteiger partial charge in [0.2, 0.25) is 0 Å². The SMILES string of the molecule is CNCCC(C)(C)c1ccc(C)cc1C. The van der Waals surface area contributed by atoms with E-state index in [4.69, 9.17) is 0 Å². The smallest absolute Gasteiger partial charge is 0.00436 e. The summed E-state index contributed by atoms with van der Waals surface area (Å²) in [6.07, 6.45) is 1.17. The van der Waals surface area contributed by atoms with Gasteiger partial charge in [0.15, 0.2) is 0 Å². The lowest BCUT2D eigenvalue weighted by atomic mass is 9.79. The van der Waals surface area contributed by atoms with E-state index in [1.165, 1.54) is 23.1 Å². The molecule has 15 heavy (non-hydrogen) atoms. The van der Waals surface area contributed by atoms with Crippen LogP contribution in [0.1, 0.15) is 37.0 Å². The average molecular weight is 205 g/mol. The van der Waals surface area contributed by atoms with Gasteiger partial charge in [-0.05, 0) is 50.4 Å². The molecule has 0 saturated carbocycles. The third-order valence-electron chi connectivity index (χ3n) is 3.11. The summed E-state index contributed by atoms with van der Waals surface area (Å²) in [5.41, 5.74) is 4.50. The molecule has 1 heteroatoms. The van der Waals surface area contributed by atoms with Gasteiger partial charge in [0.25, 0.3) is 0 Å². The second-order valence-electron chi connectivity index (χ2n) is 5.06. The number of aryl methyl sites for hydroxylation is 2. The maximum Gasteiger partial charge on any atom is -0.00436 e. The first-order valence-corrected chi connectivity index (χ1v) is 5.70. The number of hydrogen-bond acceptors (Lipinski definition) is 1. The van der Waals surface area contributed by atoms with Gasteiger partial charge in [0.1, 0.15) is 0 Å². The van der Waals surface area contributed by atoms with Gasteiger partial charge >= 0.3 is 0 Å². The first kappa shape index (κ1) is 12.3. The summed E-state index contributed by atoms with van der Waals surface area (Å²) < 4.78 is 0. The Morgan fingerprint density at radius 3 is 2.40 bits per heavy atom. The summed E-state index contributed by atoms with van der Waals surface area (Å²) in [4.78, 5) is 0. The van der Waals surface area contributed by atoms with Gasteiger partial charge in [0.05, 0.1) is 0 Å². The van der Waals surface area contributed by atoms with Crippen LogP contribution in [0.15, 0.2) is 18.2 Å². The van der Waals surface area contributed by atoms with Crippen molar-refractivity contribution in [2.75, 3.05) is 13.6 Å². The molecule has 0 aliphatic carbocycles. The second kappa shape index (κ2) is 4.80. The van der Waals surface area contributed by atoms with Crippen LogP contribution in [0.5, 0.6) is 0 Å². The van der Waals surface area contributed by atoms with E-state index in [2.05, 4.69) is 51.2 Å². The third-order valence-corrected chi connectivity index (χ3v) is 3.11. The molecule has 84 valence electrons. The van der Waals surface area contributed by atoms with Crippen LogP contribution in [-0.4, -0.2) is 13.6 Å². The fourth-order valence-corrected chi connectivity index (χ4v) is 2.15. The predicted molar refractivity (Wildman–Crippen MR) is 67.5 cm³/mol. The summed E-state index contributed by atoms with van der Waals surface area (Å²) in [6.45, 7) is 10.1. The van der Waals surface area contributed by atoms with E-state index in [0.717, 1.165) is 6.54 Å². The maximum atomic E-state index is 3.22. The van der Waals surface area contributed by atoms with Gasteiger partial charge in [-0.1, -0.05) is 37.6 Å². The van der Waals surface area contributed by atoms with Crippen molar-refractivity contribution in [3.05, 3.63) is 34.9 Å². The molecule has 0 saturated heterocycles. The molecule has 1 aromatic rings. The normalized spacial score (nSPS) is 11.8. The van der Waals surface area contributed by atoms with Crippen molar-refractivity contribution in [1.29, 1.82) is 0 Å². The molecule has 1 aromatic carbocycles. The Bertz CT molecular complexity index is 326. The van der Waals surface area contributed by atoms with Gasteiger partial charge in [0, 0.05) is 0 Å². The molecule has 0 aliphatic heterocycles. The first-order chi connectivity index (χ1) is 6.97. The number of hydrogen-bond donors (Lipinski definition) is 1. The van der Waals surface area contributed by atoms with Crippen molar-refractivity contribution >= 4 is 0 Å². The van der Waals surface area contributed by atoms with Crippen LogP contribution in [0.25, 0.3) is 0 Å². The molecule has 1 rings (SSSR count). The Labute approximate surface area is 93.9 Å². The molecule has 0 aliphatic rings. The molecule has 1 N–H and O–H groups in total. The van der Waals surface area contributed by atoms with E-state index in [9.17, 15) is 0 Å². The zero-order valence-corrected chi connectivity index (χ0v) is 10.6. The van der Waals surface area contributed by atoms with Crippen LogP contribution in [0.2, 0.25) is 0 Å². The predicted octanol–water partition coefficient (Wildman–Crippen LogP) is 3.19. The average Bonchev–Trinajstić information content (AvgIpc) is 2.14. The molecule has 0 bridgehead atoms. The van der Waals surface area contributed by atoms with Crippen LogP contribution in [-0.2, 0) is 5.41 Å². The van der Waals surface area contributed by atoms with E-state index in [1.807, 2.05) is 7.05 Å². The Balaban J connectivity index is 2.93. The molecule has 0 heterocycles. The quantitative estimate of drug-likeness (QED) is 0.796. The molecule has 0 fully saturated rings. The van der Waals surface area contributed by atoms with Gasteiger partial charge in [-0.3, -0.25) is 0 Å². The minimum absolute atomic E-state index is 0.265. The molecular weight excluding hydrogens is 182 g/mol. The topological polar surface area (TPSA) is 12.0 Å². The highest BCUT2D eigenvalue weighted by Gasteiger charge is 2.21. The summed E-state index contributed by atoms with van der Waals surface area (Å²) in [5.74, 6) is 0. The molecule has 0 spiro atoms. The Morgan fingerprint density at radius 1 is 1.20 bits per heavy atom. The number of rotatable bonds is 4. The Morgan fingerprint density at radius 2 is 1.87 bits per heavy atom. The van der Waals surface area contributed by atoms with Gasteiger partial charge in [-0.25, -0.2) is 0 Å². The zero-order chi connectivity index (χ0) is 11.5. The van der Waals surface area contributed by atoms with Gasteiger partial charge < -0.3 is 5.32 Å². The maximum absolute atomic E-state index is 3.22. The minimum Gasteiger partial charge on any atom is -0.320 e. The van der Waals surface area contributed by atoms with Crippen LogP contribution >= 0.6 is 0 Å². The fraction of sp³-hybridized carbons (Fsp3) is 0.571. The molecule has 1 nitrogen and oxygen atoms in total. The second-order valence-corrected chi connectivity index (χ2v) is 5.06. The summed E-state index contributed by atoms with van der Waals surface area (Å²) >= 11 is 0. The van der Waals surface area contributed by atoms with E-state index < -0.39 is 0 Å². The lowest BCUT2D eigenvalue weighted by Crippen LogP contribution is -2.24. The Hall–Kier alpha value is -0.820. The van der Waals surface area contributed by atoms with E-state index in [0.29, 0.717) is 0 Å². The summed E-state index contributed by atoms with van der Waals surface area (Å²) in [6, 6.07) is 6.76. The van der Waals surface area contributed by atoms with Crippen molar-refractivity contribution in [3.8, 4) is 0 Å². The molecule has 0 unspecified atom stereocenters. The van der Waals surface area contributed by atoms with Crippen LogP contribution in [0.4, 0.5) is 0 Å². The van der Waals surface area contributed by atoms with E-state index in [1.54, 1.807) is 0 Å².